The molecule has 1 heterocycles. The summed E-state index contributed by atoms with van der Waals surface area (Å²) in [7, 11) is 0. The molecule has 1 aromatic carbocycles. The van der Waals surface area contributed by atoms with Gasteiger partial charge in [0.05, 0.1) is 4.88 Å². The van der Waals surface area contributed by atoms with Gasteiger partial charge in [-0.25, -0.2) is 0 Å². The van der Waals surface area contributed by atoms with Crippen molar-refractivity contribution >= 4 is 23.0 Å². The van der Waals surface area contributed by atoms with Gasteiger partial charge in [0.2, 0.25) is 5.91 Å². The second kappa shape index (κ2) is 7.18. The van der Waals surface area contributed by atoms with E-state index < -0.39 is 0 Å². The lowest BCUT2D eigenvalue weighted by Crippen LogP contribution is -2.23. The Labute approximate surface area is 129 Å². The number of rotatable bonds is 6. The van der Waals surface area contributed by atoms with Gasteiger partial charge in [-0.15, -0.1) is 11.3 Å². The highest BCUT2D eigenvalue weighted by Crippen LogP contribution is 2.13. The molecule has 2 rings (SSSR count). The van der Waals surface area contributed by atoms with Gasteiger partial charge in [0, 0.05) is 19.4 Å². The van der Waals surface area contributed by atoms with Gasteiger partial charge >= 0.3 is 0 Å². The van der Waals surface area contributed by atoms with Crippen LogP contribution in [0.15, 0.2) is 35.7 Å². The summed E-state index contributed by atoms with van der Waals surface area (Å²) in [6, 6.07) is 9.80. The van der Waals surface area contributed by atoms with Gasteiger partial charge < -0.3 is 5.32 Å². The summed E-state index contributed by atoms with van der Waals surface area (Å²) in [6.45, 7) is 4.60. The number of hydrogen-bond acceptors (Lipinski definition) is 3. The minimum atomic E-state index is -0.0834. The molecule has 3 nitrogen and oxygen atoms in total. The van der Waals surface area contributed by atoms with Gasteiger partial charge in [0.15, 0.2) is 5.78 Å². The van der Waals surface area contributed by atoms with Crippen LogP contribution >= 0.6 is 11.3 Å². The number of aryl methyl sites for hydroxylation is 2. The third-order valence-electron chi connectivity index (χ3n) is 3.35. The molecule has 0 bridgehead atoms. The lowest BCUT2D eigenvalue weighted by atomic mass is 10.1. The van der Waals surface area contributed by atoms with Crippen LogP contribution in [0, 0.1) is 13.8 Å². The predicted octanol–water partition coefficient (Wildman–Crippen LogP) is 3.64. The summed E-state index contributed by atoms with van der Waals surface area (Å²) in [5.74, 6) is -0.0495. The molecule has 110 valence electrons. The van der Waals surface area contributed by atoms with E-state index >= 15 is 0 Å². The van der Waals surface area contributed by atoms with Gasteiger partial charge in [-0.05, 0) is 36.4 Å². The topological polar surface area (TPSA) is 46.2 Å². The monoisotopic (exact) mass is 301 g/mol. The standard InChI is InChI=1S/C17H19NO2S/c1-12-5-6-14(13(2)10-12)11-18-17(20)8-7-15(19)16-4-3-9-21-16/h3-6,9-10H,7-8,11H2,1-2H3,(H,18,20). The van der Waals surface area contributed by atoms with Gasteiger partial charge in [-0.2, -0.15) is 0 Å². The summed E-state index contributed by atoms with van der Waals surface area (Å²) >= 11 is 1.41. The molecular weight excluding hydrogens is 282 g/mol. The Morgan fingerprint density at radius 3 is 2.62 bits per heavy atom. The van der Waals surface area contributed by atoms with Crippen molar-refractivity contribution in [3.8, 4) is 0 Å². The second-order valence-electron chi connectivity index (χ2n) is 5.11. The molecule has 0 aliphatic carbocycles. The van der Waals surface area contributed by atoms with E-state index in [0.29, 0.717) is 6.54 Å². The Hall–Kier alpha value is -1.94. The number of benzene rings is 1. The molecule has 4 heteroatoms. The Balaban J connectivity index is 1.78. The van der Waals surface area contributed by atoms with Crippen LogP contribution in [0.1, 0.15) is 39.2 Å². The Morgan fingerprint density at radius 1 is 1.14 bits per heavy atom. The van der Waals surface area contributed by atoms with E-state index in [9.17, 15) is 9.59 Å². The average molecular weight is 301 g/mol. The first-order valence-electron chi connectivity index (χ1n) is 6.96. The van der Waals surface area contributed by atoms with Crippen LogP contribution in [0.25, 0.3) is 0 Å². The lowest BCUT2D eigenvalue weighted by molar-refractivity contribution is -0.121. The number of thiophene rings is 1. The Bertz CT molecular complexity index is 632. The van der Waals surface area contributed by atoms with Crippen molar-refractivity contribution in [1.82, 2.24) is 5.32 Å². The first kappa shape index (κ1) is 15.4. The zero-order valence-electron chi connectivity index (χ0n) is 12.3. The second-order valence-corrected chi connectivity index (χ2v) is 6.05. The van der Waals surface area contributed by atoms with Crippen LogP contribution in [-0.4, -0.2) is 11.7 Å². The molecule has 0 saturated heterocycles. The van der Waals surface area contributed by atoms with Crippen molar-refractivity contribution in [2.45, 2.75) is 33.2 Å². The fourth-order valence-corrected chi connectivity index (χ4v) is 2.81. The number of carbonyl (C=O) groups excluding carboxylic acids is 2. The highest BCUT2D eigenvalue weighted by molar-refractivity contribution is 7.12. The molecule has 21 heavy (non-hydrogen) atoms. The number of ketones is 1. The summed E-state index contributed by atoms with van der Waals surface area (Å²) < 4.78 is 0. The summed E-state index contributed by atoms with van der Waals surface area (Å²) in [5.41, 5.74) is 3.49. The molecule has 0 aliphatic heterocycles. The molecule has 0 unspecified atom stereocenters. The third-order valence-corrected chi connectivity index (χ3v) is 4.26. The normalized spacial score (nSPS) is 10.4. The quantitative estimate of drug-likeness (QED) is 0.828. The maximum Gasteiger partial charge on any atom is 0.220 e. The van der Waals surface area contributed by atoms with Crippen molar-refractivity contribution in [2.75, 3.05) is 0 Å². The minimum absolute atomic E-state index is 0.0340. The molecule has 0 spiro atoms. The van der Waals surface area contributed by atoms with Crippen molar-refractivity contribution < 1.29 is 9.59 Å². The third kappa shape index (κ3) is 4.53. The number of amides is 1. The summed E-state index contributed by atoms with van der Waals surface area (Å²) in [5, 5.41) is 4.74. The number of nitrogens with one attached hydrogen (secondary N) is 1. The molecule has 1 aromatic heterocycles. The van der Waals surface area contributed by atoms with Crippen molar-refractivity contribution in [1.29, 1.82) is 0 Å². The average Bonchev–Trinajstić information content (AvgIpc) is 2.98. The molecule has 0 radical (unpaired) electrons. The van der Waals surface area contributed by atoms with Crippen molar-refractivity contribution in [2.24, 2.45) is 0 Å². The molecule has 0 aliphatic rings. The van der Waals surface area contributed by atoms with Crippen LogP contribution in [0.3, 0.4) is 0 Å². The summed E-state index contributed by atoms with van der Waals surface area (Å²) in [6.07, 6.45) is 0.501. The summed E-state index contributed by atoms with van der Waals surface area (Å²) in [4.78, 5) is 24.3. The fraction of sp³-hybridized carbons (Fsp3) is 0.294. The van der Waals surface area contributed by atoms with Crippen LogP contribution in [0.4, 0.5) is 0 Å². The zero-order chi connectivity index (χ0) is 15.2. The van der Waals surface area contributed by atoms with Gasteiger partial charge in [0.1, 0.15) is 0 Å². The highest BCUT2D eigenvalue weighted by atomic mass is 32.1. The van der Waals surface area contributed by atoms with E-state index in [0.717, 1.165) is 10.4 Å². The maximum atomic E-state index is 11.8. The van der Waals surface area contributed by atoms with E-state index in [1.165, 1.54) is 22.5 Å². The zero-order valence-corrected chi connectivity index (χ0v) is 13.1. The lowest BCUT2D eigenvalue weighted by Gasteiger charge is -2.08. The number of carbonyl (C=O) groups is 2. The highest BCUT2D eigenvalue weighted by Gasteiger charge is 2.10. The predicted molar refractivity (Wildman–Crippen MR) is 85.6 cm³/mol. The Kier molecular flexibility index (Phi) is 5.28. The molecule has 0 fully saturated rings. The van der Waals surface area contributed by atoms with E-state index in [2.05, 4.69) is 11.4 Å². The molecular formula is C17H19NO2S. The Morgan fingerprint density at radius 2 is 1.95 bits per heavy atom. The fourth-order valence-electron chi connectivity index (χ4n) is 2.11. The molecule has 2 aromatic rings. The molecule has 1 amide bonds. The van der Waals surface area contributed by atoms with E-state index in [4.69, 9.17) is 0 Å². The van der Waals surface area contributed by atoms with Gasteiger partial charge in [-0.3, -0.25) is 9.59 Å². The smallest absolute Gasteiger partial charge is 0.220 e. The van der Waals surface area contributed by atoms with E-state index in [-0.39, 0.29) is 24.5 Å². The first-order chi connectivity index (χ1) is 10.1. The van der Waals surface area contributed by atoms with Crippen LogP contribution < -0.4 is 5.32 Å². The minimum Gasteiger partial charge on any atom is -0.352 e. The first-order valence-corrected chi connectivity index (χ1v) is 7.84. The number of Topliss-reactive ketones (excluding diaryl/α,β-unsaturated/α-hetero) is 1. The van der Waals surface area contributed by atoms with Crippen molar-refractivity contribution in [3.63, 3.8) is 0 Å². The maximum absolute atomic E-state index is 11.8. The molecule has 1 N–H and O–H groups in total. The van der Waals surface area contributed by atoms with Crippen LogP contribution in [0.5, 0.6) is 0 Å². The SMILES string of the molecule is Cc1ccc(CNC(=O)CCC(=O)c2cccs2)c(C)c1. The molecule has 0 saturated carbocycles. The van der Waals surface area contributed by atoms with Crippen LogP contribution in [-0.2, 0) is 11.3 Å². The largest absolute Gasteiger partial charge is 0.352 e. The van der Waals surface area contributed by atoms with Crippen LogP contribution in [0.2, 0.25) is 0 Å². The van der Waals surface area contributed by atoms with Crippen molar-refractivity contribution in [3.05, 3.63) is 57.3 Å². The number of hydrogen-bond donors (Lipinski definition) is 1. The van der Waals surface area contributed by atoms with E-state index in [1.54, 1.807) is 6.07 Å². The van der Waals surface area contributed by atoms with E-state index in [1.807, 2.05) is 37.4 Å². The van der Waals surface area contributed by atoms with Gasteiger partial charge in [0.25, 0.3) is 0 Å². The molecule has 0 atom stereocenters. The van der Waals surface area contributed by atoms with Gasteiger partial charge in [-0.1, -0.05) is 29.8 Å².